The number of hydrogen-bond donors (Lipinski definition) is 1. The van der Waals surface area contributed by atoms with Gasteiger partial charge in [0.25, 0.3) is 0 Å². The summed E-state index contributed by atoms with van der Waals surface area (Å²) in [5, 5.41) is 6.88. The van der Waals surface area contributed by atoms with Gasteiger partial charge in [-0.2, -0.15) is 0 Å². The van der Waals surface area contributed by atoms with Gasteiger partial charge in [0.15, 0.2) is 0 Å². The number of piperazine rings is 1. The first-order valence-electron chi connectivity index (χ1n) is 6.36. The molecular weight excluding hydrogens is 301 g/mol. The molecule has 0 radical (unpaired) electrons. The van der Waals surface area contributed by atoms with Gasteiger partial charge in [-0.3, -0.25) is 4.90 Å². The van der Waals surface area contributed by atoms with Gasteiger partial charge >= 0.3 is 0 Å². The van der Waals surface area contributed by atoms with E-state index in [0.29, 0.717) is 6.04 Å². The number of halogens is 2. The number of nitrogens with zero attached hydrogens (tertiary/aromatic N) is 2. The molecule has 0 saturated carbocycles. The van der Waals surface area contributed by atoms with Gasteiger partial charge in [0.1, 0.15) is 5.01 Å². The van der Waals surface area contributed by atoms with Crippen LogP contribution in [0.1, 0.15) is 38.4 Å². The molecule has 0 spiro atoms. The second kappa shape index (κ2) is 7.79. The summed E-state index contributed by atoms with van der Waals surface area (Å²) in [6, 6.07) is 0.616. The average Bonchev–Trinajstić information content (AvgIpc) is 2.69. The van der Waals surface area contributed by atoms with E-state index < -0.39 is 0 Å². The monoisotopic (exact) mass is 325 g/mol. The summed E-state index contributed by atoms with van der Waals surface area (Å²) < 4.78 is 0. The van der Waals surface area contributed by atoms with Crippen molar-refractivity contribution in [3.63, 3.8) is 0 Å². The molecule has 1 saturated heterocycles. The van der Waals surface area contributed by atoms with E-state index in [1.54, 1.807) is 11.3 Å². The second-order valence-corrected chi connectivity index (χ2v) is 6.84. The fourth-order valence-electron chi connectivity index (χ4n) is 2.02. The van der Waals surface area contributed by atoms with Crippen molar-refractivity contribution in [2.45, 2.75) is 45.7 Å². The summed E-state index contributed by atoms with van der Waals surface area (Å²) in [6.07, 6.45) is 0. The van der Waals surface area contributed by atoms with Crippen molar-refractivity contribution >= 4 is 36.2 Å². The van der Waals surface area contributed by atoms with E-state index in [2.05, 4.69) is 43.3 Å². The molecule has 1 aliphatic rings. The summed E-state index contributed by atoms with van der Waals surface area (Å²) in [7, 11) is 0. The molecule has 2 rings (SSSR count). The minimum absolute atomic E-state index is 0. The Morgan fingerprint density at radius 2 is 2.11 bits per heavy atom. The Balaban J connectivity index is 0.00000162. The maximum Gasteiger partial charge on any atom is 0.107 e. The fraction of sp³-hybridized carbons (Fsp3) is 0.769. The molecule has 0 aromatic carbocycles. The van der Waals surface area contributed by atoms with Gasteiger partial charge in [0.2, 0.25) is 0 Å². The van der Waals surface area contributed by atoms with E-state index in [0.717, 1.165) is 26.2 Å². The minimum Gasteiger partial charge on any atom is -0.314 e. The maximum absolute atomic E-state index is 4.77. The second-order valence-electron chi connectivity index (χ2n) is 5.90. The van der Waals surface area contributed by atoms with E-state index in [9.17, 15) is 0 Å². The van der Waals surface area contributed by atoms with Gasteiger partial charge in [-0.15, -0.1) is 36.2 Å². The molecule has 0 aliphatic carbocycles. The Labute approximate surface area is 133 Å². The van der Waals surface area contributed by atoms with Crippen LogP contribution in [0.3, 0.4) is 0 Å². The minimum atomic E-state index is 0. The molecule has 0 amide bonds. The van der Waals surface area contributed by atoms with E-state index in [4.69, 9.17) is 4.98 Å². The first-order chi connectivity index (χ1) is 7.97. The molecule has 1 fully saturated rings. The highest BCUT2D eigenvalue weighted by atomic mass is 35.5. The molecule has 1 aromatic rings. The van der Waals surface area contributed by atoms with Crippen molar-refractivity contribution in [3.8, 4) is 0 Å². The molecular formula is C13H25Cl2N3S. The number of hydrogen-bond acceptors (Lipinski definition) is 4. The highest BCUT2D eigenvalue weighted by Gasteiger charge is 2.21. The van der Waals surface area contributed by atoms with Crippen LogP contribution in [0.25, 0.3) is 0 Å². The first-order valence-corrected chi connectivity index (χ1v) is 7.24. The Morgan fingerprint density at radius 1 is 1.42 bits per heavy atom. The van der Waals surface area contributed by atoms with E-state index in [1.807, 2.05) is 0 Å². The zero-order valence-electron chi connectivity index (χ0n) is 12.1. The zero-order valence-corrected chi connectivity index (χ0v) is 14.6. The Kier molecular flexibility index (Phi) is 7.85. The van der Waals surface area contributed by atoms with Crippen molar-refractivity contribution in [2.75, 3.05) is 19.6 Å². The highest BCUT2D eigenvalue weighted by Crippen LogP contribution is 2.24. The lowest BCUT2D eigenvalue weighted by atomic mass is 9.93. The van der Waals surface area contributed by atoms with Crippen LogP contribution in [0.2, 0.25) is 0 Å². The van der Waals surface area contributed by atoms with Crippen LogP contribution in [-0.2, 0) is 12.0 Å². The van der Waals surface area contributed by atoms with Crippen LogP contribution in [0.15, 0.2) is 5.38 Å². The van der Waals surface area contributed by atoms with Crippen molar-refractivity contribution in [3.05, 3.63) is 16.1 Å². The standard InChI is InChI=1S/C13H23N3S.2ClH/c1-10-7-14-5-6-16(10)8-12-15-11(9-17-12)13(2,3)4;;/h9-10,14H,5-8H2,1-4H3;2*1H/t10-;;/m0../s1. The van der Waals surface area contributed by atoms with Crippen LogP contribution < -0.4 is 5.32 Å². The predicted octanol–water partition coefficient (Wildman–Crippen LogP) is 3.08. The van der Waals surface area contributed by atoms with E-state index in [1.165, 1.54) is 10.7 Å². The third kappa shape index (κ3) is 5.20. The molecule has 3 nitrogen and oxygen atoms in total. The first kappa shape index (κ1) is 19.1. The Bertz CT molecular complexity index is 376. The summed E-state index contributed by atoms with van der Waals surface area (Å²) in [4.78, 5) is 7.28. The van der Waals surface area contributed by atoms with Crippen LogP contribution in [-0.4, -0.2) is 35.6 Å². The SMILES string of the molecule is C[C@H]1CNCCN1Cc1nc(C(C)(C)C)cs1.Cl.Cl. The molecule has 112 valence electrons. The maximum atomic E-state index is 4.77. The van der Waals surface area contributed by atoms with Crippen LogP contribution in [0.5, 0.6) is 0 Å². The number of aromatic nitrogens is 1. The molecule has 0 unspecified atom stereocenters. The van der Waals surface area contributed by atoms with Gasteiger partial charge in [0.05, 0.1) is 12.2 Å². The molecule has 2 heterocycles. The third-order valence-corrected chi connectivity index (χ3v) is 4.13. The highest BCUT2D eigenvalue weighted by molar-refractivity contribution is 7.09. The van der Waals surface area contributed by atoms with Crippen LogP contribution >= 0.6 is 36.2 Å². The van der Waals surface area contributed by atoms with Gasteiger partial charge in [-0.1, -0.05) is 20.8 Å². The largest absolute Gasteiger partial charge is 0.314 e. The predicted molar refractivity (Wildman–Crippen MR) is 88.1 cm³/mol. The molecule has 1 aliphatic heterocycles. The molecule has 6 heteroatoms. The lowest BCUT2D eigenvalue weighted by Gasteiger charge is -2.33. The van der Waals surface area contributed by atoms with E-state index >= 15 is 0 Å². The zero-order chi connectivity index (χ0) is 12.5. The average molecular weight is 326 g/mol. The fourth-order valence-corrected chi connectivity index (χ4v) is 3.07. The van der Waals surface area contributed by atoms with Crippen molar-refractivity contribution in [2.24, 2.45) is 0 Å². The quantitative estimate of drug-likeness (QED) is 0.905. The number of rotatable bonds is 2. The van der Waals surface area contributed by atoms with Gasteiger partial charge in [-0.25, -0.2) is 4.98 Å². The van der Waals surface area contributed by atoms with Crippen molar-refractivity contribution in [1.82, 2.24) is 15.2 Å². The normalized spacial score (nSPS) is 20.5. The molecule has 1 atom stereocenters. The topological polar surface area (TPSA) is 28.2 Å². The summed E-state index contributed by atoms with van der Waals surface area (Å²) in [6.45, 7) is 13.3. The molecule has 0 bridgehead atoms. The van der Waals surface area contributed by atoms with Gasteiger partial charge in [-0.05, 0) is 6.92 Å². The van der Waals surface area contributed by atoms with Crippen LogP contribution in [0.4, 0.5) is 0 Å². The molecule has 19 heavy (non-hydrogen) atoms. The molecule has 1 aromatic heterocycles. The third-order valence-electron chi connectivity index (χ3n) is 3.30. The van der Waals surface area contributed by atoms with Crippen LogP contribution in [0, 0.1) is 0 Å². The summed E-state index contributed by atoms with van der Waals surface area (Å²) >= 11 is 1.80. The summed E-state index contributed by atoms with van der Waals surface area (Å²) in [5.41, 5.74) is 1.39. The van der Waals surface area contributed by atoms with E-state index in [-0.39, 0.29) is 30.2 Å². The lowest BCUT2D eigenvalue weighted by Crippen LogP contribution is -2.49. The van der Waals surface area contributed by atoms with Gasteiger partial charge < -0.3 is 5.32 Å². The van der Waals surface area contributed by atoms with Crippen molar-refractivity contribution in [1.29, 1.82) is 0 Å². The summed E-state index contributed by atoms with van der Waals surface area (Å²) in [5.74, 6) is 0. The number of nitrogens with one attached hydrogen (secondary N) is 1. The van der Waals surface area contributed by atoms with Gasteiger partial charge in [0, 0.05) is 36.5 Å². The lowest BCUT2D eigenvalue weighted by molar-refractivity contribution is 0.165. The van der Waals surface area contributed by atoms with Crippen molar-refractivity contribution < 1.29 is 0 Å². The number of thiazole rings is 1. The Morgan fingerprint density at radius 3 is 2.63 bits per heavy atom. The smallest absolute Gasteiger partial charge is 0.107 e. The Hall–Kier alpha value is 0.130. The molecule has 1 N–H and O–H groups in total.